The van der Waals surface area contributed by atoms with Crippen LogP contribution in [0.1, 0.15) is 35.2 Å². The van der Waals surface area contributed by atoms with E-state index in [9.17, 15) is 9.59 Å². The molecule has 2 saturated heterocycles. The summed E-state index contributed by atoms with van der Waals surface area (Å²) < 4.78 is 1.84. The average Bonchev–Trinajstić information content (AvgIpc) is 2.97. The molecule has 2 amide bonds. The molecule has 2 aromatic rings. The van der Waals surface area contributed by atoms with Gasteiger partial charge in [0.25, 0.3) is 5.91 Å². The molecule has 2 fully saturated rings. The molecule has 25 heavy (non-hydrogen) atoms. The Morgan fingerprint density at radius 3 is 3.00 bits per heavy atom. The molecular weight excluding hydrogens is 316 g/mol. The van der Waals surface area contributed by atoms with Crippen molar-refractivity contribution in [1.82, 2.24) is 20.0 Å². The first kappa shape index (κ1) is 15.9. The number of nitrogens with one attached hydrogen (secondary N) is 1. The van der Waals surface area contributed by atoms with Gasteiger partial charge >= 0.3 is 0 Å². The quantitative estimate of drug-likeness (QED) is 0.926. The van der Waals surface area contributed by atoms with Crippen LogP contribution in [0.15, 0.2) is 42.7 Å². The van der Waals surface area contributed by atoms with Crippen LogP contribution in [-0.4, -0.2) is 45.6 Å². The SMILES string of the molecule is O=C1N[C@@H]2CCC[C@@H]1CN(C(=O)c1cccc(Cn3cccn3)c1)C2. The van der Waals surface area contributed by atoms with E-state index in [4.69, 9.17) is 0 Å². The summed E-state index contributed by atoms with van der Waals surface area (Å²) in [6, 6.07) is 9.66. The molecule has 0 saturated carbocycles. The molecule has 0 radical (unpaired) electrons. The molecule has 1 aromatic heterocycles. The zero-order chi connectivity index (χ0) is 17.2. The number of benzene rings is 1. The molecule has 0 aliphatic carbocycles. The van der Waals surface area contributed by atoms with Gasteiger partial charge in [0.15, 0.2) is 0 Å². The second-order valence-corrected chi connectivity index (χ2v) is 6.95. The minimum absolute atomic E-state index is 0.00992. The number of carbonyl (C=O) groups is 2. The summed E-state index contributed by atoms with van der Waals surface area (Å²) in [6.07, 6.45) is 6.52. The molecule has 130 valence electrons. The summed E-state index contributed by atoms with van der Waals surface area (Å²) in [6.45, 7) is 1.76. The highest BCUT2D eigenvalue weighted by molar-refractivity contribution is 5.95. The van der Waals surface area contributed by atoms with E-state index in [0.29, 0.717) is 25.2 Å². The fourth-order valence-electron chi connectivity index (χ4n) is 3.78. The van der Waals surface area contributed by atoms with Crippen molar-refractivity contribution in [3.05, 3.63) is 53.9 Å². The highest BCUT2D eigenvalue weighted by Gasteiger charge is 2.34. The third-order valence-electron chi connectivity index (χ3n) is 5.07. The zero-order valence-corrected chi connectivity index (χ0v) is 14.1. The molecule has 2 aliphatic heterocycles. The lowest BCUT2D eigenvalue weighted by atomic mass is 9.98. The van der Waals surface area contributed by atoms with Crippen molar-refractivity contribution in [2.45, 2.75) is 31.8 Å². The highest BCUT2D eigenvalue weighted by Crippen LogP contribution is 2.23. The Kier molecular flexibility index (Phi) is 4.26. The van der Waals surface area contributed by atoms with E-state index in [2.05, 4.69) is 10.4 Å². The van der Waals surface area contributed by atoms with Gasteiger partial charge in [0.1, 0.15) is 0 Å². The number of likely N-dealkylation sites (tertiary alicyclic amines) is 1. The Morgan fingerprint density at radius 2 is 2.16 bits per heavy atom. The number of nitrogens with zero attached hydrogens (tertiary/aromatic N) is 3. The molecule has 2 bridgehead atoms. The van der Waals surface area contributed by atoms with Crippen LogP contribution in [0, 0.1) is 5.92 Å². The van der Waals surface area contributed by atoms with Crippen molar-refractivity contribution in [2.75, 3.05) is 13.1 Å². The van der Waals surface area contributed by atoms with Crippen LogP contribution in [-0.2, 0) is 11.3 Å². The minimum Gasteiger partial charge on any atom is -0.351 e. The van der Waals surface area contributed by atoms with Crippen LogP contribution in [0.2, 0.25) is 0 Å². The molecule has 4 rings (SSSR count). The summed E-state index contributed by atoms with van der Waals surface area (Å²) in [5.41, 5.74) is 1.72. The van der Waals surface area contributed by atoms with Crippen molar-refractivity contribution in [2.24, 2.45) is 5.92 Å². The molecule has 6 heteroatoms. The monoisotopic (exact) mass is 338 g/mol. The maximum absolute atomic E-state index is 13.0. The number of rotatable bonds is 3. The number of hydrogen-bond acceptors (Lipinski definition) is 3. The highest BCUT2D eigenvalue weighted by atomic mass is 16.2. The summed E-state index contributed by atoms with van der Waals surface area (Å²) in [7, 11) is 0. The Bertz CT molecular complexity index is 771. The smallest absolute Gasteiger partial charge is 0.253 e. The largest absolute Gasteiger partial charge is 0.351 e. The third-order valence-corrected chi connectivity index (χ3v) is 5.07. The van der Waals surface area contributed by atoms with E-state index >= 15 is 0 Å². The van der Waals surface area contributed by atoms with Gasteiger partial charge < -0.3 is 10.2 Å². The van der Waals surface area contributed by atoms with E-state index in [-0.39, 0.29) is 23.8 Å². The normalized spacial score (nSPS) is 23.0. The number of fused-ring (bicyclic) bond motifs is 3. The van der Waals surface area contributed by atoms with Crippen molar-refractivity contribution < 1.29 is 9.59 Å². The van der Waals surface area contributed by atoms with Gasteiger partial charge in [-0.2, -0.15) is 5.10 Å². The van der Waals surface area contributed by atoms with E-state index in [1.165, 1.54) is 0 Å². The first-order valence-electron chi connectivity index (χ1n) is 8.85. The number of hydrogen-bond donors (Lipinski definition) is 1. The van der Waals surface area contributed by atoms with Crippen LogP contribution in [0.5, 0.6) is 0 Å². The molecule has 2 aliphatic rings. The van der Waals surface area contributed by atoms with Crippen molar-refractivity contribution in [3.63, 3.8) is 0 Å². The van der Waals surface area contributed by atoms with Crippen LogP contribution >= 0.6 is 0 Å². The topological polar surface area (TPSA) is 67.2 Å². The van der Waals surface area contributed by atoms with Gasteiger partial charge in [-0.3, -0.25) is 14.3 Å². The van der Waals surface area contributed by atoms with Gasteiger partial charge in [0.05, 0.1) is 12.5 Å². The van der Waals surface area contributed by atoms with Crippen molar-refractivity contribution in [3.8, 4) is 0 Å². The minimum atomic E-state index is -0.0799. The number of amides is 2. The molecule has 0 spiro atoms. The van der Waals surface area contributed by atoms with Crippen LogP contribution in [0.3, 0.4) is 0 Å². The fourth-order valence-corrected chi connectivity index (χ4v) is 3.78. The molecule has 1 aromatic carbocycles. The van der Waals surface area contributed by atoms with Gasteiger partial charge in [-0.15, -0.1) is 0 Å². The molecule has 0 unspecified atom stereocenters. The van der Waals surface area contributed by atoms with E-state index < -0.39 is 0 Å². The van der Waals surface area contributed by atoms with E-state index in [1.807, 2.05) is 46.1 Å². The van der Waals surface area contributed by atoms with E-state index in [1.54, 1.807) is 6.20 Å². The van der Waals surface area contributed by atoms with E-state index in [0.717, 1.165) is 24.8 Å². The molecule has 6 nitrogen and oxygen atoms in total. The van der Waals surface area contributed by atoms with Crippen LogP contribution in [0.25, 0.3) is 0 Å². The number of carbonyl (C=O) groups excluding carboxylic acids is 2. The lowest BCUT2D eigenvalue weighted by molar-refractivity contribution is -0.124. The first-order valence-corrected chi connectivity index (χ1v) is 8.85. The fraction of sp³-hybridized carbons (Fsp3) is 0.421. The molecule has 3 heterocycles. The standard InChI is InChI=1S/C19H22N4O2/c24-18-16-6-2-7-17(21-18)13-22(12-16)19(25)15-5-1-4-14(10-15)11-23-9-3-8-20-23/h1,3-5,8-10,16-17H,2,6-7,11-13H2,(H,21,24)/t16-,17-/m1/s1. The Hall–Kier alpha value is -2.63. The Labute approximate surface area is 146 Å². The third kappa shape index (κ3) is 3.43. The van der Waals surface area contributed by atoms with Gasteiger partial charge in [0.2, 0.25) is 5.91 Å². The number of aromatic nitrogens is 2. The maximum atomic E-state index is 13.0. The average molecular weight is 338 g/mol. The first-order chi connectivity index (χ1) is 12.2. The zero-order valence-electron chi connectivity index (χ0n) is 14.1. The second kappa shape index (κ2) is 6.70. The summed E-state index contributed by atoms with van der Waals surface area (Å²) in [5.74, 6) is 0.0321. The second-order valence-electron chi connectivity index (χ2n) is 6.95. The summed E-state index contributed by atoms with van der Waals surface area (Å²) >= 11 is 0. The van der Waals surface area contributed by atoms with Crippen LogP contribution in [0.4, 0.5) is 0 Å². The van der Waals surface area contributed by atoms with Gasteiger partial charge in [-0.05, 0) is 36.6 Å². The predicted octanol–water partition coefficient (Wildman–Crippen LogP) is 1.67. The lowest BCUT2D eigenvalue weighted by Crippen LogP contribution is -2.41. The Balaban J connectivity index is 1.53. The maximum Gasteiger partial charge on any atom is 0.253 e. The Morgan fingerprint density at radius 1 is 1.24 bits per heavy atom. The summed E-state index contributed by atoms with van der Waals surface area (Å²) in [4.78, 5) is 27.0. The van der Waals surface area contributed by atoms with Crippen molar-refractivity contribution >= 4 is 11.8 Å². The molecule has 1 N–H and O–H groups in total. The lowest BCUT2D eigenvalue weighted by Gasteiger charge is -2.27. The van der Waals surface area contributed by atoms with Gasteiger partial charge in [0, 0.05) is 37.1 Å². The van der Waals surface area contributed by atoms with Crippen molar-refractivity contribution in [1.29, 1.82) is 0 Å². The molecule has 2 atom stereocenters. The van der Waals surface area contributed by atoms with Gasteiger partial charge in [-0.1, -0.05) is 18.6 Å². The molecular formula is C19H22N4O2. The predicted molar refractivity (Wildman–Crippen MR) is 92.9 cm³/mol. The summed E-state index contributed by atoms with van der Waals surface area (Å²) in [5, 5.41) is 7.28. The van der Waals surface area contributed by atoms with Gasteiger partial charge in [-0.25, -0.2) is 0 Å². The van der Waals surface area contributed by atoms with Crippen LogP contribution < -0.4 is 5.32 Å².